The van der Waals surface area contributed by atoms with Crippen molar-refractivity contribution in [3.8, 4) is 34.2 Å². The quantitative estimate of drug-likeness (QED) is 0.509. The van der Waals surface area contributed by atoms with Crippen molar-refractivity contribution in [3.63, 3.8) is 0 Å². The van der Waals surface area contributed by atoms with Crippen LogP contribution in [-0.4, -0.2) is 19.9 Å². The van der Waals surface area contributed by atoms with Crippen molar-refractivity contribution in [2.75, 3.05) is 0 Å². The van der Waals surface area contributed by atoms with Crippen molar-refractivity contribution in [3.05, 3.63) is 83.7 Å². The smallest absolute Gasteiger partial charge is 0.160 e. The van der Waals surface area contributed by atoms with Gasteiger partial charge >= 0.3 is 0 Å². The number of hydrogen-bond donors (Lipinski definition) is 0. The number of nitrogens with zero attached hydrogens (tertiary/aromatic N) is 4. The van der Waals surface area contributed by atoms with Crippen LogP contribution in [0.2, 0.25) is 0 Å². The Balaban J connectivity index is 1.89. The summed E-state index contributed by atoms with van der Waals surface area (Å²) in [5, 5.41) is 0. The minimum Gasteiger partial charge on any atom is -0.254 e. The standard InChI is InChI=1S/C23H20N4/c1-15-4-8-18(9-5-15)23-26-21(19-10-6-16(2)13-24-19)12-22(27-23)20-11-7-17(3)14-25-20/h4-14H,1-3H3. The summed E-state index contributed by atoms with van der Waals surface area (Å²) in [5.41, 5.74) is 7.64. The van der Waals surface area contributed by atoms with Gasteiger partial charge in [0, 0.05) is 18.0 Å². The van der Waals surface area contributed by atoms with Gasteiger partial charge in [0.1, 0.15) is 0 Å². The third-order valence-electron chi connectivity index (χ3n) is 4.38. The van der Waals surface area contributed by atoms with Crippen LogP contribution in [0.25, 0.3) is 34.2 Å². The van der Waals surface area contributed by atoms with Gasteiger partial charge in [0.25, 0.3) is 0 Å². The molecule has 0 unspecified atom stereocenters. The lowest BCUT2D eigenvalue weighted by Gasteiger charge is -2.09. The van der Waals surface area contributed by atoms with E-state index >= 15 is 0 Å². The average molecular weight is 352 g/mol. The Morgan fingerprint density at radius 2 is 1.00 bits per heavy atom. The van der Waals surface area contributed by atoms with Crippen molar-refractivity contribution in [1.29, 1.82) is 0 Å². The second-order valence-electron chi connectivity index (χ2n) is 6.77. The molecule has 0 amide bonds. The fourth-order valence-electron chi connectivity index (χ4n) is 2.78. The zero-order valence-electron chi connectivity index (χ0n) is 15.6. The topological polar surface area (TPSA) is 51.6 Å². The molecule has 0 bridgehead atoms. The van der Waals surface area contributed by atoms with E-state index in [4.69, 9.17) is 9.97 Å². The summed E-state index contributed by atoms with van der Waals surface area (Å²) in [6.07, 6.45) is 3.71. The Morgan fingerprint density at radius 1 is 0.519 bits per heavy atom. The monoisotopic (exact) mass is 352 g/mol. The maximum atomic E-state index is 4.77. The lowest BCUT2D eigenvalue weighted by atomic mass is 10.1. The number of aryl methyl sites for hydroxylation is 3. The van der Waals surface area contributed by atoms with Gasteiger partial charge in [-0.3, -0.25) is 9.97 Å². The Bertz CT molecular complexity index is 913. The van der Waals surface area contributed by atoms with E-state index in [1.54, 1.807) is 0 Å². The third kappa shape index (κ3) is 3.75. The lowest BCUT2D eigenvalue weighted by molar-refractivity contribution is 1.14. The molecule has 4 heteroatoms. The first-order valence-electron chi connectivity index (χ1n) is 8.91. The normalized spacial score (nSPS) is 10.8. The van der Waals surface area contributed by atoms with Gasteiger partial charge in [-0.05, 0) is 50.1 Å². The predicted molar refractivity (Wildman–Crippen MR) is 108 cm³/mol. The Hall–Kier alpha value is -3.40. The van der Waals surface area contributed by atoms with E-state index in [1.807, 2.05) is 68.7 Å². The molecule has 3 aromatic heterocycles. The van der Waals surface area contributed by atoms with Crippen LogP contribution in [0.5, 0.6) is 0 Å². The van der Waals surface area contributed by atoms with Crippen LogP contribution < -0.4 is 0 Å². The highest BCUT2D eigenvalue weighted by molar-refractivity contribution is 5.68. The molecule has 0 fully saturated rings. The fraction of sp³-hybridized carbons (Fsp3) is 0.130. The fourth-order valence-corrected chi connectivity index (χ4v) is 2.78. The van der Waals surface area contributed by atoms with Gasteiger partial charge in [0.05, 0.1) is 22.8 Å². The van der Waals surface area contributed by atoms with Gasteiger partial charge in [-0.25, -0.2) is 9.97 Å². The van der Waals surface area contributed by atoms with Gasteiger partial charge in [-0.2, -0.15) is 0 Å². The molecule has 132 valence electrons. The number of benzene rings is 1. The second-order valence-corrected chi connectivity index (χ2v) is 6.77. The number of hydrogen-bond acceptors (Lipinski definition) is 4. The highest BCUT2D eigenvalue weighted by Crippen LogP contribution is 2.26. The van der Waals surface area contributed by atoms with Crippen molar-refractivity contribution >= 4 is 0 Å². The molecule has 27 heavy (non-hydrogen) atoms. The van der Waals surface area contributed by atoms with Gasteiger partial charge in [-0.1, -0.05) is 42.0 Å². The molecule has 0 saturated carbocycles. The molecule has 0 aliphatic rings. The predicted octanol–water partition coefficient (Wildman–Crippen LogP) is 5.19. The largest absolute Gasteiger partial charge is 0.254 e. The van der Waals surface area contributed by atoms with Crippen LogP contribution >= 0.6 is 0 Å². The van der Waals surface area contributed by atoms with Crippen LogP contribution in [0.4, 0.5) is 0 Å². The summed E-state index contributed by atoms with van der Waals surface area (Å²) in [7, 11) is 0. The highest BCUT2D eigenvalue weighted by atomic mass is 14.9. The summed E-state index contributed by atoms with van der Waals surface area (Å²) < 4.78 is 0. The first-order chi connectivity index (χ1) is 13.1. The Morgan fingerprint density at radius 3 is 1.44 bits per heavy atom. The molecule has 3 heterocycles. The Kier molecular flexibility index (Phi) is 4.47. The average Bonchev–Trinajstić information content (AvgIpc) is 2.69. The summed E-state index contributed by atoms with van der Waals surface area (Å²) in [6, 6.07) is 18.2. The molecule has 0 N–H and O–H groups in total. The zero-order valence-corrected chi connectivity index (χ0v) is 15.6. The van der Waals surface area contributed by atoms with Gasteiger partial charge in [0.2, 0.25) is 0 Å². The molecule has 0 aliphatic heterocycles. The van der Waals surface area contributed by atoms with E-state index in [0.29, 0.717) is 5.82 Å². The number of rotatable bonds is 3. The summed E-state index contributed by atoms with van der Waals surface area (Å²) in [5.74, 6) is 0.673. The molecule has 4 nitrogen and oxygen atoms in total. The second kappa shape index (κ2) is 7.08. The van der Waals surface area contributed by atoms with E-state index in [9.17, 15) is 0 Å². The van der Waals surface area contributed by atoms with Crippen molar-refractivity contribution in [1.82, 2.24) is 19.9 Å². The molecular formula is C23H20N4. The first kappa shape index (κ1) is 17.0. The van der Waals surface area contributed by atoms with Crippen molar-refractivity contribution < 1.29 is 0 Å². The van der Waals surface area contributed by atoms with E-state index < -0.39 is 0 Å². The summed E-state index contributed by atoms with van der Waals surface area (Å²) in [6.45, 7) is 6.12. The van der Waals surface area contributed by atoms with Crippen LogP contribution in [0.15, 0.2) is 67.0 Å². The van der Waals surface area contributed by atoms with Crippen LogP contribution in [-0.2, 0) is 0 Å². The molecular weight excluding hydrogens is 332 g/mol. The van der Waals surface area contributed by atoms with Crippen molar-refractivity contribution in [2.24, 2.45) is 0 Å². The van der Waals surface area contributed by atoms with Crippen LogP contribution in [0.1, 0.15) is 16.7 Å². The maximum absolute atomic E-state index is 4.77. The molecule has 0 aliphatic carbocycles. The number of pyridine rings is 2. The highest BCUT2D eigenvalue weighted by Gasteiger charge is 2.12. The zero-order chi connectivity index (χ0) is 18.8. The van der Waals surface area contributed by atoms with Crippen LogP contribution in [0, 0.1) is 20.8 Å². The lowest BCUT2D eigenvalue weighted by Crippen LogP contribution is -1.98. The number of aromatic nitrogens is 4. The Labute approximate surface area is 159 Å². The van der Waals surface area contributed by atoms with Crippen LogP contribution in [0.3, 0.4) is 0 Å². The molecule has 0 radical (unpaired) electrons. The van der Waals surface area contributed by atoms with Gasteiger partial charge in [0.15, 0.2) is 5.82 Å². The molecule has 0 saturated heterocycles. The van der Waals surface area contributed by atoms with Gasteiger partial charge in [-0.15, -0.1) is 0 Å². The molecule has 0 atom stereocenters. The molecule has 0 spiro atoms. The van der Waals surface area contributed by atoms with E-state index in [-0.39, 0.29) is 0 Å². The van der Waals surface area contributed by atoms with Crippen molar-refractivity contribution in [2.45, 2.75) is 20.8 Å². The minimum absolute atomic E-state index is 0.673. The molecule has 4 rings (SSSR count). The maximum Gasteiger partial charge on any atom is 0.160 e. The van der Waals surface area contributed by atoms with E-state index in [0.717, 1.165) is 39.5 Å². The summed E-state index contributed by atoms with van der Waals surface area (Å²) in [4.78, 5) is 18.6. The minimum atomic E-state index is 0.673. The first-order valence-corrected chi connectivity index (χ1v) is 8.91. The summed E-state index contributed by atoms with van der Waals surface area (Å²) >= 11 is 0. The molecule has 4 aromatic rings. The van der Waals surface area contributed by atoms with E-state index in [1.165, 1.54) is 5.56 Å². The molecule has 1 aromatic carbocycles. The van der Waals surface area contributed by atoms with E-state index in [2.05, 4.69) is 29.0 Å². The third-order valence-corrected chi connectivity index (χ3v) is 4.38. The van der Waals surface area contributed by atoms with Gasteiger partial charge < -0.3 is 0 Å². The SMILES string of the molecule is Cc1ccc(-c2nc(-c3ccc(C)cn3)cc(-c3ccc(C)cn3)n2)cc1.